The van der Waals surface area contributed by atoms with Gasteiger partial charge in [0.05, 0.1) is 12.4 Å². The van der Waals surface area contributed by atoms with Crippen LogP contribution in [0.5, 0.6) is 0 Å². The lowest BCUT2D eigenvalue weighted by atomic mass is 9.83. The fourth-order valence-corrected chi connectivity index (χ4v) is 3.21. The van der Waals surface area contributed by atoms with Crippen molar-refractivity contribution >= 4 is 5.78 Å². The molecule has 3 nitrogen and oxygen atoms in total. The minimum Gasteiger partial charge on any atom is -0.333 e. The number of imidazole rings is 1. The third-order valence-corrected chi connectivity index (χ3v) is 4.02. The minimum absolute atomic E-state index is 0.189. The van der Waals surface area contributed by atoms with Crippen LogP contribution in [0.3, 0.4) is 0 Å². The first kappa shape index (κ1) is 10.5. The first-order chi connectivity index (χ1) is 8.12. The molecule has 2 aliphatic carbocycles. The van der Waals surface area contributed by atoms with E-state index in [1.165, 1.54) is 0 Å². The quantitative estimate of drug-likeness (QED) is 0.740. The second kappa shape index (κ2) is 3.42. The van der Waals surface area contributed by atoms with Crippen LogP contribution in [0.25, 0.3) is 0 Å². The summed E-state index contributed by atoms with van der Waals surface area (Å²) >= 11 is 0. The number of nitrogens with zero attached hydrogens (tertiary/aromatic N) is 2. The SMILES string of the molecule is CC1(C)C(=O)C2=CC=CCC2C1n1ccnc1. The predicted molar refractivity (Wildman–Crippen MR) is 65.4 cm³/mol. The van der Waals surface area contributed by atoms with E-state index >= 15 is 0 Å². The second-order valence-electron chi connectivity index (χ2n) is 5.40. The Bertz CT molecular complexity index is 508. The van der Waals surface area contributed by atoms with Crippen molar-refractivity contribution in [2.24, 2.45) is 11.3 Å². The molecule has 0 aliphatic heterocycles. The van der Waals surface area contributed by atoms with Crippen LogP contribution in [0.1, 0.15) is 26.3 Å². The summed E-state index contributed by atoms with van der Waals surface area (Å²) < 4.78 is 2.09. The first-order valence-corrected chi connectivity index (χ1v) is 6.01. The molecule has 1 heterocycles. The molecule has 2 aliphatic rings. The molecule has 0 amide bonds. The van der Waals surface area contributed by atoms with E-state index in [1.807, 2.05) is 38.5 Å². The van der Waals surface area contributed by atoms with E-state index in [0.29, 0.717) is 5.92 Å². The van der Waals surface area contributed by atoms with Crippen molar-refractivity contribution in [2.45, 2.75) is 26.3 Å². The highest BCUT2D eigenvalue weighted by molar-refractivity contribution is 6.03. The average molecular weight is 228 g/mol. The van der Waals surface area contributed by atoms with Crippen LogP contribution in [-0.2, 0) is 4.79 Å². The highest BCUT2D eigenvalue weighted by Crippen LogP contribution is 2.52. The largest absolute Gasteiger partial charge is 0.333 e. The molecule has 0 spiro atoms. The van der Waals surface area contributed by atoms with Gasteiger partial charge in [-0.1, -0.05) is 32.1 Å². The summed E-state index contributed by atoms with van der Waals surface area (Å²) in [5, 5.41) is 0. The molecule has 1 fully saturated rings. The summed E-state index contributed by atoms with van der Waals surface area (Å²) in [5.41, 5.74) is 0.639. The van der Waals surface area contributed by atoms with E-state index in [9.17, 15) is 4.79 Å². The van der Waals surface area contributed by atoms with Crippen LogP contribution in [0.4, 0.5) is 0 Å². The third kappa shape index (κ3) is 1.35. The Hall–Kier alpha value is -1.64. The monoisotopic (exact) mass is 228 g/mol. The van der Waals surface area contributed by atoms with Gasteiger partial charge in [0.25, 0.3) is 0 Å². The van der Waals surface area contributed by atoms with Gasteiger partial charge in [-0.25, -0.2) is 4.98 Å². The number of aromatic nitrogens is 2. The molecule has 0 aromatic carbocycles. The van der Waals surface area contributed by atoms with E-state index in [2.05, 4.69) is 15.6 Å². The molecule has 0 N–H and O–H groups in total. The Morgan fingerprint density at radius 1 is 1.47 bits per heavy atom. The van der Waals surface area contributed by atoms with Gasteiger partial charge in [0.15, 0.2) is 5.78 Å². The molecule has 1 saturated carbocycles. The number of carbonyl (C=O) groups is 1. The van der Waals surface area contributed by atoms with Crippen molar-refractivity contribution in [3.05, 3.63) is 42.5 Å². The van der Waals surface area contributed by atoms with Crippen molar-refractivity contribution in [1.29, 1.82) is 0 Å². The van der Waals surface area contributed by atoms with Crippen LogP contribution in [-0.4, -0.2) is 15.3 Å². The molecule has 88 valence electrons. The lowest BCUT2D eigenvalue weighted by Crippen LogP contribution is -2.29. The van der Waals surface area contributed by atoms with Gasteiger partial charge in [-0.3, -0.25) is 4.79 Å². The molecule has 0 saturated heterocycles. The molecular formula is C14H16N2O. The molecule has 1 aromatic rings. The van der Waals surface area contributed by atoms with Crippen LogP contribution in [0, 0.1) is 11.3 Å². The highest BCUT2D eigenvalue weighted by atomic mass is 16.1. The van der Waals surface area contributed by atoms with Gasteiger partial charge in [0, 0.05) is 29.3 Å². The lowest BCUT2D eigenvalue weighted by Gasteiger charge is -2.29. The normalized spacial score (nSPS) is 30.2. The molecule has 2 atom stereocenters. The van der Waals surface area contributed by atoms with Gasteiger partial charge in [-0.05, 0) is 6.42 Å². The second-order valence-corrected chi connectivity index (χ2v) is 5.40. The van der Waals surface area contributed by atoms with Crippen molar-refractivity contribution in [2.75, 3.05) is 0 Å². The number of Topliss-reactive ketones (excluding diaryl/α,β-unsaturated/α-hetero) is 1. The maximum atomic E-state index is 12.4. The maximum absolute atomic E-state index is 12.4. The summed E-state index contributed by atoms with van der Waals surface area (Å²) in [6.45, 7) is 4.08. The number of carbonyl (C=O) groups excluding carboxylic acids is 1. The van der Waals surface area contributed by atoms with E-state index in [4.69, 9.17) is 0 Å². The molecule has 0 bridgehead atoms. The van der Waals surface area contributed by atoms with Crippen LogP contribution in [0.2, 0.25) is 0 Å². The topological polar surface area (TPSA) is 34.9 Å². The predicted octanol–water partition coefficient (Wildman–Crippen LogP) is 2.54. The van der Waals surface area contributed by atoms with Crippen molar-refractivity contribution in [1.82, 2.24) is 9.55 Å². The Morgan fingerprint density at radius 2 is 2.29 bits per heavy atom. The minimum atomic E-state index is -0.344. The number of fused-ring (bicyclic) bond motifs is 1. The number of ketones is 1. The summed E-state index contributed by atoms with van der Waals surface area (Å²) in [6.07, 6.45) is 12.6. The molecule has 17 heavy (non-hydrogen) atoms. The van der Waals surface area contributed by atoms with Gasteiger partial charge in [-0.15, -0.1) is 0 Å². The van der Waals surface area contributed by atoms with Crippen molar-refractivity contribution < 1.29 is 4.79 Å². The van der Waals surface area contributed by atoms with Crippen LogP contribution in [0.15, 0.2) is 42.5 Å². The molecule has 2 unspecified atom stereocenters. The van der Waals surface area contributed by atoms with Gasteiger partial charge in [0.1, 0.15) is 0 Å². The molecule has 0 radical (unpaired) electrons. The van der Waals surface area contributed by atoms with Crippen LogP contribution >= 0.6 is 0 Å². The third-order valence-electron chi connectivity index (χ3n) is 4.02. The van der Waals surface area contributed by atoms with Gasteiger partial charge < -0.3 is 4.57 Å². The van der Waals surface area contributed by atoms with E-state index in [0.717, 1.165) is 12.0 Å². The highest BCUT2D eigenvalue weighted by Gasteiger charge is 2.52. The summed E-state index contributed by atoms with van der Waals surface area (Å²) in [5.74, 6) is 0.585. The Balaban J connectivity index is 2.11. The summed E-state index contributed by atoms with van der Waals surface area (Å²) in [7, 11) is 0. The van der Waals surface area contributed by atoms with Crippen molar-refractivity contribution in [3.63, 3.8) is 0 Å². The zero-order valence-electron chi connectivity index (χ0n) is 10.1. The molecule has 3 rings (SSSR count). The van der Waals surface area contributed by atoms with Crippen molar-refractivity contribution in [3.8, 4) is 0 Å². The zero-order chi connectivity index (χ0) is 12.0. The maximum Gasteiger partial charge on any atom is 0.166 e. The lowest BCUT2D eigenvalue weighted by molar-refractivity contribution is -0.122. The molecular weight excluding hydrogens is 212 g/mol. The van der Waals surface area contributed by atoms with Gasteiger partial charge in [0.2, 0.25) is 0 Å². The Kier molecular flexibility index (Phi) is 2.12. The van der Waals surface area contributed by atoms with Gasteiger partial charge in [-0.2, -0.15) is 0 Å². The number of rotatable bonds is 1. The van der Waals surface area contributed by atoms with Gasteiger partial charge >= 0.3 is 0 Å². The smallest absolute Gasteiger partial charge is 0.166 e. The molecule has 3 heteroatoms. The summed E-state index contributed by atoms with van der Waals surface area (Å²) in [6, 6.07) is 0.189. The number of hydrogen-bond donors (Lipinski definition) is 0. The fourth-order valence-electron chi connectivity index (χ4n) is 3.21. The first-order valence-electron chi connectivity index (χ1n) is 6.01. The van der Waals surface area contributed by atoms with E-state index in [1.54, 1.807) is 6.20 Å². The Labute approximate surface area is 101 Å². The van der Waals surface area contributed by atoms with E-state index in [-0.39, 0.29) is 17.2 Å². The van der Waals surface area contributed by atoms with E-state index < -0.39 is 0 Å². The zero-order valence-corrected chi connectivity index (χ0v) is 10.1. The van der Waals surface area contributed by atoms with Crippen LogP contribution < -0.4 is 0 Å². The standard InChI is InChI=1S/C14H16N2O/c1-14(2)12(16-8-7-15-9-16)10-5-3-4-6-11(10)13(14)17/h3-4,6-10,12H,5H2,1-2H3. The number of hydrogen-bond acceptors (Lipinski definition) is 2. The fraction of sp³-hybridized carbons (Fsp3) is 0.429. The Morgan fingerprint density at radius 3 is 3.00 bits per heavy atom. The average Bonchev–Trinajstić information content (AvgIpc) is 2.87. The summed E-state index contributed by atoms with van der Waals surface area (Å²) in [4.78, 5) is 16.5. The number of allylic oxidation sites excluding steroid dienone is 4. The molecule has 1 aromatic heterocycles.